The highest BCUT2D eigenvalue weighted by Gasteiger charge is 2.00. The van der Waals surface area contributed by atoms with Gasteiger partial charge in [-0.2, -0.15) is 0 Å². The summed E-state index contributed by atoms with van der Waals surface area (Å²) < 4.78 is 5.21. The Morgan fingerprint density at radius 1 is 1.46 bits per heavy atom. The summed E-state index contributed by atoms with van der Waals surface area (Å²) in [6.45, 7) is 5.98. The summed E-state index contributed by atoms with van der Waals surface area (Å²) >= 11 is 0. The van der Waals surface area contributed by atoms with Crippen LogP contribution in [-0.2, 0) is 4.53 Å². The second-order valence-corrected chi connectivity index (χ2v) is 4.89. The van der Waals surface area contributed by atoms with E-state index < -0.39 is 9.04 Å². The fourth-order valence-corrected chi connectivity index (χ4v) is 1.10. The van der Waals surface area contributed by atoms with Crippen LogP contribution in [0.5, 0.6) is 0 Å². The molecule has 0 saturated heterocycles. The predicted octanol–water partition coefficient (Wildman–Crippen LogP) is 2.07. The Balaban J connectivity index is 2.68. The number of aromatic nitrogens is 1. The molecule has 1 radical (unpaired) electrons. The van der Waals surface area contributed by atoms with Crippen LogP contribution < -0.4 is 0 Å². The molecule has 0 aliphatic carbocycles. The van der Waals surface area contributed by atoms with E-state index >= 15 is 0 Å². The Morgan fingerprint density at radius 2 is 2.23 bits per heavy atom. The molecule has 13 heavy (non-hydrogen) atoms. The average Bonchev–Trinajstić information content (AvgIpc) is 2.15. The third kappa shape index (κ3) is 3.37. The number of hydrogen-bond acceptors (Lipinski definition) is 3. The molecule has 3 nitrogen and oxygen atoms in total. The highest BCUT2D eigenvalue weighted by molar-refractivity contribution is 6.48. The summed E-state index contributed by atoms with van der Waals surface area (Å²) in [5.74, 6) is 0. The van der Waals surface area contributed by atoms with Gasteiger partial charge in [0.15, 0.2) is 0 Å². The molecule has 0 atom stereocenters. The predicted molar refractivity (Wildman–Crippen MR) is 55.0 cm³/mol. The lowest BCUT2D eigenvalue weighted by Crippen LogP contribution is -2.06. The van der Waals surface area contributed by atoms with Crippen molar-refractivity contribution in [2.24, 2.45) is 5.16 Å². The van der Waals surface area contributed by atoms with Crippen molar-refractivity contribution in [3.05, 3.63) is 30.1 Å². The summed E-state index contributed by atoms with van der Waals surface area (Å²) in [4.78, 5) is 4.16. The maximum Gasteiger partial charge on any atom is 0.313 e. The molecule has 0 fully saturated rings. The summed E-state index contributed by atoms with van der Waals surface area (Å²) in [6, 6.07) is 5.73. The van der Waals surface area contributed by atoms with Crippen LogP contribution in [0.4, 0.5) is 0 Å². The summed E-state index contributed by atoms with van der Waals surface area (Å²) in [6.07, 6.45) is 1.75. The quantitative estimate of drug-likeness (QED) is 0.418. The Kier molecular flexibility index (Phi) is 3.64. The van der Waals surface area contributed by atoms with Gasteiger partial charge in [0.25, 0.3) is 0 Å². The van der Waals surface area contributed by atoms with Gasteiger partial charge in [0.1, 0.15) is 5.71 Å². The van der Waals surface area contributed by atoms with Gasteiger partial charge in [-0.05, 0) is 32.2 Å². The van der Waals surface area contributed by atoms with Crippen LogP contribution in [0, 0.1) is 0 Å². The highest BCUT2D eigenvalue weighted by Crippen LogP contribution is 1.97. The first-order valence-electron chi connectivity index (χ1n) is 4.13. The maximum atomic E-state index is 5.21. The van der Waals surface area contributed by atoms with E-state index in [0.29, 0.717) is 0 Å². The zero-order chi connectivity index (χ0) is 9.68. The van der Waals surface area contributed by atoms with Crippen LogP contribution in [0.25, 0.3) is 0 Å². The Morgan fingerprint density at radius 3 is 2.77 bits per heavy atom. The van der Waals surface area contributed by atoms with E-state index in [2.05, 4.69) is 10.1 Å². The number of nitrogens with zero attached hydrogens (tertiary/aromatic N) is 2. The smallest absolute Gasteiger partial charge is 0.313 e. The molecular weight excluding hydrogens is 180 g/mol. The Labute approximate surface area is 80.2 Å². The van der Waals surface area contributed by atoms with Crippen LogP contribution in [0.3, 0.4) is 0 Å². The van der Waals surface area contributed by atoms with Gasteiger partial charge in [0, 0.05) is 6.20 Å². The van der Waals surface area contributed by atoms with E-state index in [9.17, 15) is 0 Å². The summed E-state index contributed by atoms with van der Waals surface area (Å²) in [5.41, 5.74) is 1.69. The van der Waals surface area contributed by atoms with Crippen LogP contribution >= 0.6 is 0 Å². The van der Waals surface area contributed by atoms with Gasteiger partial charge in [0.05, 0.1) is 5.69 Å². The van der Waals surface area contributed by atoms with Gasteiger partial charge in [-0.25, -0.2) is 0 Å². The molecule has 0 aliphatic rings. The number of hydrogen-bond donors (Lipinski definition) is 0. The molecule has 1 aromatic rings. The maximum absolute atomic E-state index is 5.21. The first-order valence-corrected chi connectivity index (χ1v) is 6.54. The lowest BCUT2D eigenvalue weighted by molar-refractivity contribution is 0.351. The molecule has 0 saturated carbocycles. The van der Waals surface area contributed by atoms with E-state index in [1.165, 1.54) is 0 Å². The zero-order valence-corrected chi connectivity index (χ0v) is 9.11. The first kappa shape index (κ1) is 9.92. The fraction of sp³-hybridized carbons (Fsp3) is 0.333. The van der Waals surface area contributed by atoms with Crippen molar-refractivity contribution in [2.45, 2.75) is 20.0 Å². The van der Waals surface area contributed by atoms with Gasteiger partial charge in [-0.3, -0.25) is 4.98 Å². The van der Waals surface area contributed by atoms with Gasteiger partial charge in [0.2, 0.25) is 0 Å². The van der Waals surface area contributed by atoms with E-state index in [4.69, 9.17) is 4.53 Å². The minimum absolute atomic E-state index is 0.752. The van der Waals surface area contributed by atoms with E-state index in [1.54, 1.807) is 6.20 Å². The molecule has 1 heterocycles. The number of pyridine rings is 1. The molecule has 0 bridgehead atoms. The Bertz CT molecular complexity index is 285. The molecule has 0 N–H and O–H groups in total. The molecule has 1 aromatic heterocycles. The molecule has 4 heteroatoms. The fourth-order valence-electron chi connectivity index (χ4n) is 0.783. The minimum atomic E-state index is -0.752. The van der Waals surface area contributed by atoms with Crippen molar-refractivity contribution in [1.82, 2.24) is 4.98 Å². The summed E-state index contributed by atoms with van der Waals surface area (Å²) in [7, 11) is -0.752. The van der Waals surface area contributed by atoms with E-state index in [0.717, 1.165) is 11.4 Å². The number of oxime groups is 1. The van der Waals surface area contributed by atoms with Crippen LogP contribution in [0.15, 0.2) is 29.6 Å². The molecular formula is C9H13N2OSi. The van der Waals surface area contributed by atoms with Crippen molar-refractivity contribution in [3.63, 3.8) is 0 Å². The molecule has 0 spiro atoms. The van der Waals surface area contributed by atoms with Crippen LogP contribution in [0.1, 0.15) is 12.6 Å². The van der Waals surface area contributed by atoms with Crippen molar-refractivity contribution in [3.8, 4) is 0 Å². The SMILES string of the molecule is CC(=NO[Si](C)C)c1ccccn1. The molecule has 0 aromatic carbocycles. The first-order chi connectivity index (χ1) is 6.20. The monoisotopic (exact) mass is 193 g/mol. The Hall–Kier alpha value is -1.16. The zero-order valence-electron chi connectivity index (χ0n) is 8.11. The normalized spacial score (nSPS) is 11.8. The van der Waals surface area contributed by atoms with E-state index in [-0.39, 0.29) is 0 Å². The molecule has 0 amide bonds. The van der Waals surface area contributed by atoms with Crippen LogP contribution in [0.2, 0.25) is 13.1 Å². The molecule has 0 aliphatic heterocycles. The third-order valence-electron chi connectivity index (χ3n) is 1.40. The van der Waals surface area contributed by atoms with Crippen molar-refractivity contribution < 1.29 is 4.53 Å². The average molecular weight is 193 g/mol. The number of rotatable bonds is 3. The van der Waals surface area contributed by atoms with Gasteiger partial charge in [-0.15, -0.1) is 5.16 Å². The lowest BCUT2D eigenvalue weighted by atomic mass is 10.3. The summed E-state index contributed by atoms with van der Waals surface area (Å²) in [5, 5.41) is 3.99. The topological polar surface area (TPSA) is 34.5 Å². The van der Waals surface area contributed by atoms with Crippen LogP contribution in [-0.4, -0.2) is 19.7 Å². The third-order valence-corrected chi connectivity index (χ3v) is 1.86. The van der Waals surface area contributed by atoms with Crippen molar-refractivity contribution in [1.29, 1.82) is 0 Å². The van der Waals surface area contributed by atoms with Crippen molar-refractivity contribution in [2.75, 3.05) is 0 Å². The lowest BCUT2D eigenvalue weighted by Gasteiger charge is -2.02. The minimum Gasteiger partial charge on any atom is -0.455 e. The van der Waals surface area contributed by atoms with Gasteiger partial charge < -0.3 is 4.53 Å². The van der Waals surface area contributed by atoms with Gasteiger partial charge >= 0.3 is 9.04 Å². The largest absolute Gasteiger partial charge is 0.455 e. The van der Waals surface area contributed by atoms with E-state index in [1.807, 2.05) is 38.2 Å². The van der Waals surface area contributed by atoms with Gasteiger partial charge in [-0.1, -0.05) is 6.07 Å². The molecule has 0 unspecified atom stereocenters. The second kappa shape index (κ2) is 4.76. The standard InChI is InChI=1S/C9H13N2OSi/c1-8(11-12-13(2)3)9-6-4-5-7-10-9/h4-7H,1-3H3. The van der Waals surface area contributed by atoms with Crippen molar-refractivity contribution >= 4 is 14.8 Å². The second-order valence-electron chi connectivity index (χ2n) is 2.89. The molecule has 1 rings (SSSR count). The highest BCUT2D eigenvalue weighted by atomic mass is 28.3. The molecule has 69 valence electrons.